The predicted octanol–water partition coefficient (Wildman–Crippen LogP) is 5.08. The van der Waals surface area contributed by atoms with Crippen LogP contribution < -0.4 is 0 Å². The van der Waals surface area contributed by atoms with Crippen molar-refractivity contribution >= 4 is 63.7 Å². The number of esters is 1. The summed E-state index contributed by atoms with van der Waals surface area (Å²) in [5, 5.41) is -0.148. The Morgan fingerprint density at radius 1 is 1.27 bits per heavy atom. The van der Waals surface area contributed by atoms with Crippen LogP contribution in [0.5, 0.6) is 0 Å². The fraction of sp³-hybridized carbons (Fsp3) is 0.536. The summed E-state index contributed by atoms with van der Waals surface area (Å²) < 4.78 is 40.8. The van der Waals surface area contributed by atoms with Gasteiger partial charge in [0, 0.05) is 24.0 Å². The minimum absolute atomic E-state index is 0.0434. The van der Waals surface area contributed by atoms with Crippen molar-refractivity contribution in [2.75, 3.05) is 26.1 Å². The summed E-state index contributed by atoms with van der Waals surface area (Å²) in [6.45, 7) is 14.0. The van der Waals surface area contributed by atoms with Gasteiger partial charge in [0.2, 0.25) is 14.2 Å². The number of halogens is 2. The number of allylic oxidation sites excluding steroid dienone is 1. The van der Waals surface area contributed by atoms with Crippen molar-refractivity contribution in [3.05, 3.63) is 53.2 Å². The van der Waals surface area contributed by atoms with Crippen molar-refractivity contribution in [3.8, 4) is 0 Å². The lowest BCUT2D eigenvalue weighted by Gasteiger charge is -2.53. The highest BCUT2D eigenvalue weighted by Crippen LogP contribution is 2.52. The molecule has 1 saturated heterocycles. The second-order valence-corrected chi connectivity index (χ2v) is 19.6. The van der Waals surface area contributed by atoms with E-state index in [1.807, 2.05) is 0 Å². The van der Waals surface area contributed by atoms with Crippen molar-refractivity contribution in [1.82, 2.24) is 9.21 Å². The van der Waals surface area contributed by atoms with E-state index in [-0.39, 0.29) is 35.9 Å². The number of rotatable bonds is 9. The maximum absolute atomic E-state index is 14.5. The molecule has 0 spiro atoms. The molecule has 0 aromatic heterocycles. The molecule has 1 aliphatic carbocycles. The van der Waals surface area contributed by atoms with E-state index in [0.29, 0.717) is 10.2 Å². The Hall–Kier alpha value is -2.15. The zero-order chi connectivity index (χ0) is 31.0. The number of ether oxygens (including phenoxy) is 1. The molecule has 1 aromatic carbocycles. The Morgan fingerprint density at radius 2 is 1.88 bits per heavy atom. The van der Waals surface area contributed by atoms with Crippen LogP contribution in [-0.4, -0.2) is 75.8 Å². The van der Waals surface area contributed by atoms with E-state index < -0.39 is 59.4 Å². The van der Waals surface area contributed by atoms with Gasteiger partial charge in [-0.3, -0.25) is 14.4 Å². The molecule has 0 unspecified atom stereocenters. The third-order valence-corrected chi connectivity index (χ3v) is 15.3. The van der Waals surface area contributed by atoms with Gasteiger partial charge in [-0.25, -0.2) is 12.7 Å². The van der Waals surface area contributed by atoms with Crippen LogP contribution in [0.15, 0.2) is 58.1 Å². The predicted molar refractivity (Wildman–Crippen MR) is 163 cm³/mol. The number of piperidine rings is 1. The first-order valence-electron chi connectivity index (χ1n) is 13.3. The first kappa shape index (κ1) is 33.4. The molecule has 1 heterocycles. The standard InChI is InChI=1S/C28H38BrClN2O7SSi/c1-8-14-31(24(33)18-30)23-17-21(39-41(6,7)27(2,3)4)16-19-13-15-32(25(34)28(19,23)26(35)38-5)40(36,37)22-11-9-20(29)10-12-22/h8-12,17,19,23H,1,13-16,18H2,2-7H3/t19-,23+,28+/m0/s1. The highest BCUT2D eigenvalue weighted by Gasteiger charge is 2.66. The largest absolute Gasteiger partial charge is 0.547 e. The Kier molecular flexibility index (Phi) is 9.94. The third kappa shape index (κ3) is 6.02. The van der Waals surface area contributed by atoms with Gasteiger partial charge in [0.1, 0.15) is 5.88 Å². The van der Waals surface area contributed by atoms with Gasteiger partial charge in [-0.2, -0.15) is 0 Å². The second kappa shape index (κ2) is 12.2. The van der Waals surface area contributed by atoms with Gasteiger partial charge in [0.15, 0.2) is 5.41 Å². The highest BCUT2D eigenvalue weighted by molar-refractivity contribution is 9.10. The molecule has 3 rings (SSSR count). The minimum atomic E-state index is -4.35. The van der Waals surface area contributed by atoms with Crippen LogP contribution in [0.25, 0.3) is 0 Å². The van der Waals surface area contributed by atoms with Crippen molar-refractivity contribution in [2.45, 2.75) is 62.7 Å². The number of fused-ring (bicyclic) bond motifs is 1. The molecule has 1 aromatic rings. The van der Waals surface area contributed by atoms with E-state index in [1.54, 1.807) is 18.2 Å². The van der Waals surface area contributed by atoms with Crippen molar-refractivity contribution in [1.29, 1.82) is 0 Å². The lowest BCUT2D eigenvalue weighted by Crippen LogP contribution is -2.69. The SMILES string of the molecule is C=CCN(C(=O)CCl)[C@@H]1C=C(O[Si](C)(C)C(C)(C)C)C[C@@H]2CCN(S(=O)(=O)c3ccc(Br)cc3)C(=O)[C@@]21C(=O)OC. The summed E-state index contributed by atoms with van der Waals surface area (Å²) >= 11 is 9.28. The molecular formula is C28H38BrClN2O7SSi. The number of benzene rings is 1. The van der Waals surface area contributed by atoms with Crippen LogP contribution in [0.4, 0.5) is 0 Å². The Balaban J connectivity index is 2.28. The molecular weight excluding hydrogens is 652 g/mol. The molecule has 1 aliphatic heterocycles. The maximum atomic E-state index is 14.5. The van der Waals surface area contributed by atoms with Gasteiger partial charge in [-0.15, -0.1) is 18.2 Å². The number of amides is 2. The van der Waals surface area contributed by atoms with Crippen LogP contribution in [0.2, 0.25) is 18.1 Å². The fourth-order valence-electron chi connectivity index (χ4n) is 5.22. The molecule has 1 fully saturated rings. The van der Waals surface area contributed by atoms with Gasteiger partial charge < -0.3 is 14.1 Å². The number of nitrogens with zero attached hydrogens (tertiary/aromatic N) is 2. The lowest BCUT2D eigenvalue weighted by molar-refractivity contribution is -0.176. The van der Waals surface area contributed by atoms with Crippen LogP contribution in [0.1, 0.15) is 33.6 Å². The minimum Gasteiger partial charge on any atom is -0.547 e. The molecule has 226 valence electrons. The molecule has 0 radical (unpaired) electrons. The lowest BCUT2D eigenvalue weighted by atomic mass is 9.61. The number of hydrogen-bond acceptors (Lipinski definition) is 7. The van der Waals surface area contributed by atoms with Gasteiger partial charge in [-0.05, 0) is 60.8 Å². The molecule has 41 heavy (non-hydrogen) atoms. The number of carbonyl (C=O) groups is 3. The van der Waals surface area contributed by atoms with Crippen LogP contribution >= 0.6 is 27.5 Å². The molecule has 9 nitrogen and oxygen atoms in total. The van der Waals surface area contributed by atoms with E-state index in [2.05, 4.69) is 56.4 Å². The molecule has 2 amide bonds. The Morgan fingerprint density at radius 3 is 2.39 bits per heavy atom. The fourth-order valence-corrected chi connectivity index (χ4v) is 8.20. The third-order valence-electron chi connectivity index (χ3n) is 8.38. The normalized spacial score (nSPS) is 23.3. The zero-order valence-electron chi connectivity index (χ0n) is 24.3. The van der Waals surface area contributed by atoms with Crippen molar-refractivity contribution in [2.24, 2.45) is 11.3 Å². The van der Waals surface area contributed by atoms with Crippen LogP contribution in [0, 0.1) is 11.3 Å². The molecule has 0 bridgehead atoms. The summed E-state index contributed by atoms with van der Waals surface area (Å²) in [5.41, 5.74) is -2.06. The summed E-state index contributed by atoms with van der Waals surface area (Å²) in [4.78, 5) is 42.8. The Labute approximate surface area is 257 Å². The summed E-state index contributed by atoms with van der Waals surface area (Å²) in [6, 6.07) is 4.65. The summed E-state index contributed by atoms with van der Waals surface area (Å²) in [5.74, 6) is -3.00. The molecule has 2 aliphatic rings. The molecule has 3 atom stereocenters. The quantitative estimate of drug-likeness (QED) is 0.117. The number of carbonyl (C=O) groups excluding carboxylic acids is 3. The van der Waals surface area contributed by atoms with Crippen molar-refractivity contribution in [3.63, 3.8) is 0 Å². The average Bonchev–Trinajstić information content (AvgIpc) is 2.89. The Bertz CT molecular complexity index is 1340. The van der Waals surface area contributed by atoms with Gasteiger partial charge in [-0.1, -0.05) is 42.8 Å². The van der Waals surface area contributed by atoms with Gasteiger partial charge in [0.05, 0.1) is 23.8 Å². The van der Waals surface area contributed by atoms with E-state index >= 15 is 0 Å². The summed E-state index contributed by atoms with van der Waals surface area (Å²) in [7, 11) is -5.57. The monoisotopic (exact) mass is 688 g/mol. The number of hydrogen-bond donors (Lipinski definition) is 0. The van der Waals surface area contributed by atoms with E-state index in [0.717, 1.165) is 11.4 Å². The molecule has 13 heteroatoms. The van der Waals surface area contributed by atoms with E-state index in [1.165, 1.54) is 23.1 Å². The number of methoxy groups -OCH3 is 1. The topological polar surface area (TPSA) is 110 Å². The van der Waals surface area contributed by atoms with Gasteiger partial charge in [0.25, 0.3) is 15.9 Å². The first-order valence-corrected chi connectivity index (χ1v) is 18.9. The molecule has 0 N–H and O–H groups in total. The highest BCUT2D eigenvalue weighted by atomic mass is 79.9. The van der Waals surface area contributed by atoms with Gasteiger partial charge >= 0.3 is 5.97 Å². The van der Waals surface area contributed by atoms with Crippen LogP contribution in [-0.2, 0) is 33.6 Å². The number of sulfonamides is 1. The zero-order valence-corrected chi connectivity index (χ0v) is 28.4. The molecule has 0 saturated carbocycles. The average molecular weight is 690 g/mol. The van der Waals surface area contributed by atoms with Crippen molar-refractivity contribution < 1.29 is 32.0 Å². The number of alkyl halides is 1. The van der Waals surface area contributed by atoms with E-state index in [9.17, 15) is 22.8 Å². The second-order valence-electron chi connectivity index (χ2n) is 11.8. The first-order chi connectivity index (χ1) is 19.0. The summed E-state index contributed by atoms with van der Waals surface area (Å²) in [6.07, 6.45) is 3.43. The maximum Gasteiger partial charge on any atom is 0.324 e. The smallest absolute Gasteiger partial charge is 0.324 e. The van der Waals surface area contributed by atoms with Crippen LogP contribution in [0.3, 0.4) is 0 Å². The van der Waals surface area contributed by atoms with E-state index in [4.69, 9.17) is 20.8 Å².